The summed E-state index contributed by atoms with van der Waals surface area (Å²) >= 11 is 0. The van der Waals surface area contributed by atoms with Gasteiger partial charge >= 0.3 is 6.09 Å². The summed E-state index contributed by atoms with van der Waals surface area (Å²) in [7, 11) is 0. The fourth-order valence-electron chi connectivity index (χ4n) is 2.30. The highest BCUT2D eigenvalue weighted by molar-refractivity contribution is 5.70. The summed E-state index contributed by atoms with van der Waals surface area (Å²) < 4.78 is 6.70. The molecule has 18 heavy (non-hydrogen) atoms. The highest BCUT2D eigenvalue weighted by Gasteiger charge is 2.37. The molecule has 5 heteroatoms. The first kappa shape index (κ1) is 12.7. The fraction of sp³-hybridized carbons (Fsp3) is 0.538. The summed E-state index contributed by atoms with van der Waals surface area (Å²) in [6.07, 6.45) is 1.41. The normalized spacial score (nSPS) is 19.4. The molecule has 1 aliphatic rings. The Morgan fingerprint density at radius 2 is 2.17 bits per heavy atom. The molecular formula is C13H18N2O3. The molecule has 1 atom stereocenters. The number of hydrogen-bond donors (Lipinski definition) is 0. The summed E-state index contributed by atoms with van der Waals surface area (Å²) in [5.41, 5.74) is 0.577. The number of aryl methyl sites for hydroxylation is 1. The van der Waals surface area contributed by atoms with Gasteiger partial charge in [-0.2, -0.15) is 0 Å². The topological polar surface area (TPSA) is 51.5 Å². The van der Waals surface area contributed by atoms with Crippen molar-refractivity contribution < 1.29 is 9.53 Å². The standard InChI is InChI=1S/C13H18N2O3/c1-4-14-7-5-6-10(12(14)16)11-8-18-13(17)15(11)9(2)3/h5-7,9,11H,4,8H2,1-3H3. The van der Waals surface area contributed by atoms with E-state index in [4.69, 9.17) is 4.74 Å². The van der Waals surface area contributed by atoms with Gasteiger partial charge in [-0.15, -0.1) is 0 Å². The minimum absolute atomic E-state index is 0.0136. The molecule has 98 valence electrons. The van der Waals surface area contributed by atoms with Crippen LogP contribution in [-0.4, -0.2) is 28.2 Å². The first-order valence-corrected chi connectivity index (χ1v) is 6.20. The number of pyridine rings is 1. The molecule has 0 N–H and O–H groups in total. The van der Waals surface area contributed by atoms with Crippen molar-refractivity contribution in [3.8, 4) is 0 Å². The predicted molar refractivity (Wildman–Crippen MR) is 67.4 cm³/mol. The zero-order valence-corrected chi connectivity index (χ0v) is 10.9. The van der Waals surface area contributed by atoms with Crippen LogP contribution in [-0.2, 0) is 11.3 Å². The molecule has 1 aromatic rings. The Bertz CT molecular complexity index is 507. The molecule has 1 amide bonds. The quantitative estimate of drug-likeness (QED) is 0.821. The van der Waals surface area contributed by atoms with E-state index < -0.39 is 0 Å². The third-order valence-corrected chi connectivity index (χ3v) is 3.22. The molecule has 1 fully saturated rings. The van der Waals surface area contributed by atoms with Crippen LogP contribution >= 0.6 is 0 Å². The van der Waals surface area contributed by atoms with Crippen molar-refractivity contribution in [3.05, 3.63) is 34.2 Å². The van der Waals surface area contributed by atoms with Gasteiger partial charge in [0.2, 0.25) is 0 Å². The lowest BCUT2D eigenvalue weighted by atomic mass is 10.1. The average Bonchev–Trinajstić information content (AvgIpc) is 2.71. The number of hydrogen-bond acceptors (Lipinski definition) is 3. The number of rotatable bonds is 3. The van der Waals surface area contributed by atoms with Crippen LogP contribution in [0.25, 0.3) is 0 Å². The van der Waals surface area contributed by atoms with Gasteiger partial charge in [0, 0.05) is 24.3 Å². The molecule has 0 spiro atoms. The molecule has 1 saturated heterocycles. The van der Waals surface area contributed by atoms with Crippen LogP contribution in [0.5, 0.6) is 0 Å². The molecule has 0 aliphatic carbocycles. The molecule has 1 unspecified atom stereocenters. The summed E-state index contributed by atoms with van der Waals surface area (Å²) in [4.78, 5) is 25.5. The Kier molecular flexibility index (Phi) is 3.41. The van der Waals surface area contributed by atoms with E-state index in [2.05, 4.69) is 0 Å². The van der Waals surface area contributed by atoms with E-state index >= 15 is 0 Å². The van der Waals surface area contributed by atoms with E-state index in [1.165, 1.54) is 0 Å². The third-order valence-electron chi connectivity index (χ3n) is 3.22. The van der Waals surface area contributed by atoms with E-state index in [0.29, 0.717) is 12.1 Å². The zero-order valence-electron chi connectivity index (χ0n) is 10.9. The Balaban J connectivity index is 2.43. The second kappa shape index (κ2) is 4.84. The van der Waals surface area contributed by atoms with Gasteiger partial charge in [-0.1, -0.05) is 0 Å². The first-order valence-electron chi connectivity index (χ1n) is 6.20. The molecule has 1 aromatic heterocycles. The molecule has 1 aliphatic heterocycles. The van der Waals surface area contributed by atoms with Gasteiger partial charge in [-0.25, -0.2) is 4.79 Å². The molecule has 0 aromatic carbocycles. The van der Waals surface area contributed by atoms with Crippen LogP contribution in [0.4, 0.5) is 4.79 Å². The lowest BCUT2D eigenvalue weighted by Gasteiger charge is -2.25. The number of amides is 1. The maximum atomic E-state index is 12.2. The van der Waals surface area contributed by atoms with Crippen molar-refractivity contribution in [1.29, 1.82) is 0 Å². The van der Waals surface area contributed by atoms with Crippen molar-refractivity contribution in [3.63, 3.8) is 0 Å². The van der Waals surface area contributed by atoms with Gasteiger partial charge in [-0.05, 0) is 32.9 Å². The van der Waals surface area contributed by atoms with Gasteiger partial charge in [0.05, 0.1) is 0 Å². The van der Waals surface area contributed by atoms with E-state index in [1.807, 2.05) is 26.8 Å². The monoisotopic (exact) mass is 250 g/mol. The van der Waals surface area contributed by atoms with E-state index in [9.17, 15) is 9.59 Å². The van der Waals surface area contributed by atoms with Crippen LogP contribution in [0.1, 0.15) is 32.4 Å². The number of cyclic esters (lactones) is 1. The summed E-state index contributed by atoms with van der Waals surface area (Å²) in [6, 6.07) is 3.35. The van der Waals surface area contributed by atoms with Crippen LogP contribution in [0.3, 0.4) is 0 Å². The molecule has 2 rings (SSSR count). The number of nitrogens with zero attached hydrogens (tertiary/aromatic N) is 2. The van der Waals surface area contributed by atoms with Gasteiger partial charge in [0.25, 0.3) is 5.56 Å². The van der Waals surface area contributed by atoms with Crippen molar-refractivity contribution in [2.24, 2.45) is 0 Å². The lowest BCUT2D eigenvalue weighted by molar-refractivity contribution is 0.149. The SMILES string of the molecule is CCn1cccc(C2COC(=O)N2C(C)C)c1=O. The second-order valence-electron chi connectivity index (χ2n) is 4.65. The number of carbonyl (C=O) groups excluding carboxylic acids is 1. The fourth-order valence-corrected chi connectivity index (χ4v) is 2.30. The van der Waals surface area contributed by atoms with Crippen LogP contribution in [0.2, 0.25) is 0 Å². The zero-order chi connectivity index (χ0) is 13.3. The first-order chi connectivity index (χ1) is 8.56. The van der Waals surface area contributed by atoms with Crippen molar-refractivity contribution in [2.45, 2.75) is 39.4 Å². The summed E-state index contributed by atoms with van der Waals surface area (Å²) in [6.45, 7) is 6.62. The molecule has 0 saturated carbocycles. The van der Waals surface area contributed by atoms with Crippen molar-refractivity contribution in [1.82, 2.24) is 9.47 Å². The van der Waals surface area contributed by atoms with Crippen molar-refractivity contribution in [2.75, 3.05) is 6.61 Å². The van der Waals surface area contributed by atoms with Crippen LogP contribution < -0.4 is 5.56 Å². The van der Waals surface area contributed by atoms with Crippen LogP contribution in [0, 0.1) is 0 Å². The third kappa shape index (κ3) is 2.00. The van der Waals surface area contributed by atoms with E-state index in [-0.39, 0.29) is 30.3 Å². The maximum absolute atomic E-state index is 12.2. The summed E-state index contributed by atoms with van der Waals surface area (Å²) in [5, 5.41) is 0. The van der Waals surface area contributed by atoms with Gasteiger partial charge in [0.1, 0.15) is 12.6 Å². The van der Waals surface area contributed by atoms with Crippen molar-refractivity contribution >= 4 is 6.09 Å². The highest BCUT2D eigenvalue weighted by atomic mass is 16.6. The van der Waals surface area contributed by atoms with Gasteiger partial charge in [-0.3, -0.25) is 9.69 Å². The predicted octanol–water partition coefficient (Wildman–Crippen LogP) is 1.77. The van der Waals surface area contributed by atoms with E-state index in [1.54, 1.807) is 21.7 Å². The van der Waals surface area contributed by atoms with Gasteiger partial charge in [0.15, 0.2) is 0 Å². The molecule has 0 radical (unpaired) electrons. The Morgan fingerprint density at radius 1 is 1.44 bits per heavy atom. The largest absolute Gasteiger partial charge is 0.447 e. The lowest BCUT2D eigenvalue weighted by Crippen LogP contribution is -2.37. The molecule has 2 heterocycles. The highest BCUT2D eigenvalue weighted by Crippen LogP contribution is 2.27. The maximum Gasteiger partial charge on any atom is 0.410 e. The van der Waals surface area contributed by atoms with E-state index in [0.717, 1.165) is 0 Å². The minimum atomic E-state index is -0.346. The number of ether oxygens (including phenoxy) is 1. The number of carbonyl (C=O) groups is 1. The number of aromatic nitrogens is 1. The smallest absolute Gasteiger partial charge is 0.410 e. The minimum Gasteiger partial charge on any atom is -0.447 e. The molecule has 5 nitrogen and oxygen atoms in total. The van der Waals surface area contributed by atoms with Gasteiger partial charge < -0.3 is 9.30 Å². The Labute approximate surface area is 106 Å². The summed E-state index contributed by atoms with van der Waals surface area (Å²) in [5.74, 6) is 0. The van der Waals surface area contributed by atoms with Crippen LogP contribution in [0.15, 0.2) is 23.1 Å². The molecule has 0 bridgehead atoms. The Hall–Kier alpha value is -1.78. The Morgan fingerprint density at radius 3 is 2.78 bits per heavy atom. The average molecular weight is 250 g/mol. The second-order valence-corrected chi connectivity index (χ2v) is 4.65. The molecular weight excluding hydrogens is 232 g/mol.